The van der Waals surface area contributed by atoms with Crippen LogP contribution in [0.5, 0.6) is 0 Å². The molecule has 0 aliphatic heterocycles. The molecular formula is C11H9F2N. The first kappa shape index (κ1) is 8.94. The summed E-state index contributed by atoms with van der Waals surface area (Å²) in [4.78, 5) is 0. The van der Waals surface area contributed by atoms with Crippen LogP contribution in [0, 0.1) is 11.6 Å². The third-order valence-electron chi connectivity index (χ3n) is 2.16. The third kappa shape index (κ3) is 1.41. The molecule has 0 atom stereocenters. The van der Waals surface area contributed by atoms with Crippen LogP contribution in [0.3, 0.4) is 0 Å². The molecule has 0 spiro atoms. The van der Waals surface area contributed by atoms with Crippen LogP contribution >= 0.6 is 0 Å². The maximum atomic E-state index is 12.9. The summed E-state index contributed by atoms with van der Waals surface area (Å²) >= 11 is 0. The van der Waals surface area contributed by atoms with Crippen molar-refractivity contribution in [2.75, 3.05) is 0 Å². The lowest BCUT2D eigenvalue weighted by Crippen LogP contribution is -1.91. The minimum absolute atomic E-state index is 0.677. The molecule has 2 rings (SSSR count). The van der Waals surface area contributed by atoms with Gasteiger partial charge in [-0.15, -0.1) is 0 Å². The van der Waals surface area contributed by atoms with Crippen molar-refractivity contribution < 1.29 is 8.78 Å². The Labute approximate surface area is 80.6 Å². The molecule has 0 saturated carbocycles. The molecule has 1 nitrogen and oxygen atoms in total. The Morgan fingerprint density at radius 1 is 1.07 bits per heavy atom. The summed E-state index contributed by atoms with van der Waals surface area (Å²) < 4.78 is 27.4. The van der Waals surface area contributed by atoms with Crippen LogP contribution in [0.1, 0.15) is 0 Å². The number of halogens is 2. The molecule has 1 heterocycles. The van der Waals surface area contributed by atoms with Crippen LogP contribution in [0.25, 0.3) is 11.3 Å². The summed E-state index contributed by atoms with van der Waals surface area (Å²) in [6, 6.07) is 7.61. The van der Waals surface area contributed by atoms with E-state index in [-0.39, 0.29) is 0 Å². The van der Waals surface area contributed by atoms with Crippen molar-refractivity contribution in [1.29, 1.82) is 0 Å². The minimum Gasteiger partial charge on any atom is -0.351 e. The molecule has 0 aliphatic rings. The first-order valence-corrected chi connectivity index (χ1v) is 4.25. The number of aryl methyl sites for hydroxylation is 1. The van der Waals surface area contributed by atoms with Crippen LogP contribution in [0.15, 0.2) is 36.5 Å². The van der Waals surface area contributed by atoms with E-state index in [4.69, 9.17) is 0 Å². The van der Waals surface area contributed by atoms with Crippen LogP contribution in [0.4, 0.5) is 8.78 Å². The first-order valence-electron chi connectivity index (χ1n) is 4.25. The zero-order valence-corrected chi connectivity index (χ0v) is 7.67. The van der Waals surface area contributed by atoms with E-state index < -0.39 is 11.6 Å². The molecule has 1 aromatic carbocycles. The van der Waals surface area contributed by atoms with E-state index in [1.807, 2.05) is 29.9 Å². The van der Waals surface area contributed by atoms with Gasteiger partial charge in [0, 0.05) is 24.5 Å². The summed E-state index contributed by atoms with van der Waals surface area (Å²) in [5.41, 5.74) is 1.54. The predicted octanol–water partition coefficient (Wildman–Crippen LogP) is 2.97. The van der Waals surface area contributed by atoms with Gasteiger partial charge in [0.25, 0.3) is 0 Å². The van der Waals surface area contributed by atoms with E-state index in [9.17, 15) is 8.78 Å². The van der Waals surface area contributed by atoms with Gasteiger partial charge in [0.05, 0.1) is 0 Å². The Bertz CT molecular complexity index is 460. The molecule has 0 radical (unpaired) electrons. The van der Waals surface area contributed by atoms with Crippen molar-refractivity contribution in [3.63, 3.8) is 0 Å². The largest absolute Gasteiger partial charge is 0.351 e. The summed E-state index contributed by atoms with van der Waals surface area (Å²) in [5.74, 6) is -1.63. The lowest BCUT2D eigenvalue weighted by Gasteiger charge is -2.03. The Hall–Kier alpha value is -1.64. The first-order chi connectivity index (χ1) is 6.68. The van der Waals surface area contributed by atoms with E-state index in [0.717, 1.165) is 11.8 Å². The Morgan fingerprint density at radius 2 is 1.86 bits per heavy atom. The maximum Gasteiger partial charge on any atom is 0.159 e. The number of aromatic nitrogens is 1. The van der Waals surface area contributed by atoms with Gasteiger partial charge in [-0.05, 0) is 30.3 Å². The average molecular weight is 193 g/mol. The predicted molar refractivity (Wildman–Crippen MR) is 50.8 cm³/mol. The van der Waals surface area contributed by atoms with E-state index >= 15 is 0 Å². The number of rotatable bonds is 1. The Balaban J connectivity index is 2.53. The van der Waals surface area contributed by atoms with Crippen molar-refractivity contribution in [3.8, 4) is 11.3 Å². The molecule has 72 valence electrons. The van der Waals surface area contributed by atoms with Gasteiger partial charge in [0.2, 0.25) is 0 Å². The van der Waals surface area contributed by atoms with Crippen LogP contribution in [-0.2, 0) is 7.05 Å². The second kappa shape index (κ2) is 3.25. The number of hydrogen-bond donors (Lipinski definition) is 0. The van der Waals surface area contributed by atoms with E-state index in [1.54, 1.807) is 6.07 Å². The number of hydrogen-bond acceptors (Lipinski definition) is 0. The van der Waals surface area contributed by atoms with Gasteiger partial charge in [-0.1, -0.05) is 0 Å². The van der Waals surface area contributed by atoms with Crippen molar-refractivity contribution in [2.24, 2.45) is 7.05 Å². The normalized spacial score (nSPS) is 10.5. The number of nitrogens with zero attached hydrogens (tertiary/aromatic N) is 1. The monoisotopic (exact) mass is 193 g/mol. The van der Waals surface area contributed by atoms with E-state index in [0.29, 0.717) is 5.56 Å². The quantitative estimate of drug-likeness (QED) is 0.656. The molecule has 1 aromatic heterocycles. The fourth-order valence-corrected chi connectivity index (χ4v) is 1.42. The molecule has 14 heavy (non-hydrogen) atoms. The van der Waals surface area contributed by atoms with Crippen LogP contribution in [-0.4, -0.2) is 4.57 Å². The fraction of sp³-hybridized carbons (Fsp3) is 0.0909. The van der Waals surface area contributed by atoms with Crippen molar-refractivity contribution >= 4 is 0 Å². The van der Waals surface area contributed by atoms with Gasteiger partial charge in [-0.3, -0.25) is 0 Å². The second-order valence-corrected chi connectivity index (χ2v) is 3.13. The van der Waals surface area contributed by atoms with Crippen LogP contribution < -0.4 is 0 Å². The fourth-order valence-electron chi connectivity index (χ4n) is 1.42. The standard InChI is InChI=1S/C11H9F2N/c1-14-6-2-3-11(14)8-4-5-9(12)10(13)7-8/h2-7H,1H3. The highest BCUT2D eigenvalue weighted by Gasteiger charge is 2.05. The molecule has 0 fully saturated rings. The van der Waals surface area contributed by atoms with Crippen molar-refractivity contribution in [3.05, 3.63) is 48.2 Å². The van der Waals surface area contributed by atoms with Gasteiger partial charge in [0.15, 0.2) is 11.6 Å². The molecule has 0 saturated heterocycles. The summed E-state index contributed by atoms with van der Waals surface area (Å²) in [7, 11) is 1.86. The summed E-state index contributed by atoms with van der Waals surface area (Å²) in [6.07, 6.45) is 1.86. The molecule has 0 N–H and O–H groups in total. The average Bonchev–Trinajstić information content (AvgIpc) is 2.57. The molecule has 0 aliphatic carbocycles. The lowest BCUT2D eigenvalue weighted by molar-refractivity contribution is 0.509. The molecule has 0 unspecified atom stereocenters. The highest BCUT2D eigenvalue weighted by Crippen LogP contribution is 2.21. The van der Waals surface area contributed by atoms with Gasteiger partial charge in [0.1, 0.15) is 0 Å². The maximum absolute atomic E-state index is 12.9. The number of benzene rings is 1. The highest BCUT2D eigenvalue weighted by atomic mass is 19.2. The van der Waals surface area contributed by atoms with Gasteiger partial charge < -0.3 is 4.57 Å². The van der Waals surface area contributed by atoms with E-state index in [2.05, 4.69) is 0 Å². The second-order valence-electron chi connectivity index (χ2n) is 3.13. The molecule has 0 amide bonds. The molecule has 3 heteroatoms. The van der Waals surface area contributed by atoms with E-state index in [1.165, 1.54) is 6.07 Å². The van der Waals surface area contributed by atoms with Gasteiger partial charge in [-0.2, -0.15) is 0 Å². The smallest absolute Gasteiger partial charge is 0.159 e. The highest BCUT2D eigenvalue weighted by molar-refractivity contribution is 5.59. The molecular weight excluding hydrogens is 184 g/mol. The Kier molecular flexibility index (Phi) is 2.08. The molecule has 0 bridgehead atoms. The third-order valence-corrected chi connectivity index (χ3v) is 2.16. The molecule has 2 aromatic rings. The minimum atomic E-state index is -0.817. The topological polar surface area (TPSA) is 4.93 Å². The van der Waals surface area contributed by atoms with Gasteiger partial charge >= 0.3 is 0 Å². The van der Waals surface area contributed by atoms with Crippen molar-refractivity contribution in [1.82, 2.24) is 4.57 Å². The Morgan fingerprint density at radius 3 is 2.43 bits per heavy atom. The lowest BCUT2D eigenvalue weighted by atomic mass is 10.1. The SMILES string of the molecule is Cn1cccc1-c1ccc(F)c(F)c1. The van der Waals surface area contributed by atoms with Gasteiger partial charge in [-0.25, -0.2) is 8.78 Å². The zero-order valence-electron chi connectivity index (χ0n) is 7.67. The van der Waals surface area contributed by atoms with Crippen LogP contribution in [0.2, 0.25) is 0 Å². The van der Waals surface area contributed by atoms with Crippen molar-refractivity contribution in [2.45, 2.75) is 0 Å². The summed E-state index contributed by atoms with van der Waals surface area (Å²) in [6.45, 7) is 0. The summed E-state index contributed by atoms with van der Waals surface area (Å²) in [5, 5.41) is 0. The zero-order chi connectivity index (χ0) is 10.1.